The Labute approximate surface area is 123 Å². The lowest BCUT2D eigenvalue weighted by Gasteiger charge is -2.26. The van der Waals surface area contributed by atoms with Gasteiger partial charge in [0, 0.05) is 19.1 Å². The highest BCUT2D eigenvalue weighted by molar-refractivity contribution is 7.92. The molecule has 2 N–H and O–H groups in total. The van der Waals surface area contributed by atoms with Gasteiger partial charge >= 0.3 is 0 Å². The van der Waals surface area contributed by atoms with Gasteiger partial charge in [0.1, 0.15) is 5.82 Å². The van der Waals surface area contributed by atoms with Crippen molar-refractivity contribution >= 4 is 19.9 Å². The average molecular weight is 336 g/mol. The van der Waals surface area contributed by atoms with Crippen LogP contribution in [0.25, 0.3) is 0 Å². The minimum absolute atomic E-state index is 0.0277. The fourth-order valence-corrected chi connectivity index (χ4v) is 5.86. The highest BCUT2D eigenvalue weighted by Crippen LogP contribution is 2.24. The maximum atomic E-state index is 12.9. The lowest BCUT2D eigenvalue weighted by atomic mass is 10.2. The molecule has 1 saturated heterocycles. The molecule has 0 aromatic heterocycles. The predicted molar refractivity (Wildman–Crippen MR) is 76.4 cm³/mol. The number of sulfone groups is 1. The molecule has 0 aliphatic carbocycles. The van der Waals surface area contributed by atoms with Gasteiger partial charge in [-0.3, -0.25) is 0 Å². The fraction of sp³-hybridized carbons (Fsp3) is 0.500. The number of halogens is 1. The second kappa shape index (κ2) is 5.99. The minimum atomic E-state index is -3.89. The van der Waals surface area contributed by atoms with Crippen LogP contribution in [0.4, 0.5) is 4.39 Å². The first kappa shape index (κ1) is 16.3. The Balaban J connectivity index is 2.35. The molecule has 0 unspecified atom stereocenters. The van der Waals surface area contributed by atoms with E-state index in [1.807, 2.05) is 0 Å². The first-order valence-electron chi connectivity index (χ1n) is 6.44. The molecule has 0 bridgehead atoms. The number of nitrogens with two attached hydrogens (primary N) is 1. The summed E-state index contributed by atoms with van der Waals surface area (Å²) in [6.07, 6.45) is 0.253. The van der Waals surface area contributed by atoms with Gasteiger partial charge in [0.05, 0.1) is 16.4 Å². The molecule has 21 heavy (non-hydrogen) atoms. The first-order chi connectivity index (χ1) is 9.76. The minimum Gasteiger partial charge on any atom is -0.329 e. The van der Waals surface area contributed by atoms with Gasteiger partial charge in [-0.25, -0.2) is 21.2 Å². The van der Waals surface area contributed by atoms with Crippen LogP contribution in [0.3, 0.4) is 0 Å². The Morgan fingerprint density at radius 2 is 1.90 bits per heavy atom. The average Bonchev–Trinajstić information content (AvgIpc) is 2.76. The molecule has 118 valence electrons. The van der Waals surface area contributed by atoms with Crippen molar-refractivity contribution in [3.8, 4) is 0 Å². The van der Waals surface area contributed by atoms with Crippen LogP contribution in [0.15, 0.2) is 29.2 Å². The molecule has 1 aliphatic rings. The van der Waals surface area contributed by atoms with Gasteiger partial charge in [0.2, 0.25) is 10.0 Å². The van der Waals surface area contributed by atoms with Crippen LogP contribution in [-0.2, 0) is 19.9 Å². The van der Waals surface area contributed by atoms with E-state index in [9.17, 15) is 21.2 Å². The molecule has 2 rings (SSSR count). The molecule has 1 aromatic rings. The molecule has 0 amide bonds. The van der Waals surface area contributed by atoms with E-state index < -0.39 is 31.7 Å². The zero-order chi connectivity index (χ0) is 15.7. The van der Waals surface area contributed by atoms with Gasteiger partial charge in [-0.15, -0.1) is 0 Å². The highest BCUT2D eigenvalue weighted by Gasteiger charge is 2.38. The molecule has 1 atom stereocenters. The topological polar surface area (TPSA) is 97.5 Å². The lowest BCUT2D eigenvalue weighted by Crippen LogP contribution is -2.43. The fourth-order valence-electron chi connectivity index (χ4n) is 2.37. The second-order valence-corrected chi connectivity index (χ2v) is 9.03. The molecule has 0 saturated carbocycles. The van der Waals surface area contributed by atoms with Crippen molar-refractivity contribution < 1.29 is 21.2 Å². The van der Waals surface area contributed by atoms with Crippen LogP contribution in [0.2, 0.25) is 0 Å². The summed E-state index contributed by atoms with van der Waals surface area (Å²) in [4.78, 5) is -0.0679. The molecular weight excluding hydrogens is 319 g/mol. The third-order valence-corrected chi connectivity index (χ3v) is 7.10. The number of rotatable bonds is 5. The van der Waals surface area contributed by atoms with Crippen LogP contribution in [0.1, 0.15) is 6.42 Å². The van der Waals surface area contributed by atoms with Crippen LogP contribution < -0.4 is 5.73 Å². The monoisotopic (exact) mass is 336 g/mol. The van der Waals surface area contributed by atoms with E-state index in [0.29, 0.717) is 0 Å². The molecule has 9 heteroatoms. The Bertz CT molecular complexity index is 701. The third-order valence-electron chi connectivity index (χ3n) is 3.39. The zero-order valence-corrected chi connectivity index (χ0v) is 12.9. The van der Waals surface area contributed by atoms with Crippen molar-refractivity contribution in [2.45, 2.75) is 17.4 Å². The summed E-state index contributed by atoms with van der Waals surface area (Å²) >= 11 is 0. The van der Waals surface area contributed by atoms with E-state index >= 15 is 0 Å². The number of hydrogen-bond acceptors (Lipinski definition) is 5. The van der Waals surface area contributed by atoms with Crippen molar-refractivity contribution in [2.75, 3.05) is 24.6 Å². The third kappa shape index (κ3) is 3.60. The van der Waals surface area contributed by atoms with Crippen molar-refractivity contribution in [1.29, 1.82) is 0 Å². The van der Waals surface area contributed by atoms with Gasteiger partial charge in [0.15, 0.2) is 9.84 Å². The maximum absolute atomic E-state index is 12.9. The zero-order valence-electron chi connectivity index (χ0n) is 11.3. The van der Waals surface area contributed by atoms with E-state index in [-0.39, 0.29) is 35.9 Å². The summed E-state index contributed by atoms with van der Waals surface area (Å²) in [6.45, 7) is 0.108. The predicted octanol–water partition coefficient (Wildman–Crippen LogP) is -0.0378. The Morgan fingerprint density at radius 1 is 1.29 bits per heavy atom. The maximum Gasteiger partial charge on any atom is 0.243 e. The second-order valence-electron chi connectivity index (χ2n) is 4.92. The molecular formula is C12H17FN2O4S2. The standard InChI is InChI=1S/C12H17FN2O4S2/c13-10-1-3-12(4-2-10)21(18,19)15(7-6-14)11-5-8-20(16,17)9-11/h1-4,11H,5-9,14H2/t11-/m1/s1. The van der Waals surface area contributed by atoms with Gasteiger partial charge in [0.25, 0.3) is 0 Å². The van der Waals surface area contributed by atoms with E-state index in [0.717, 1.165) is 28.6 Å². The van der Waals surface area contributed by atoms with E-state index in [2.05, 4.69) is 0 Å². The normalized spacial score (nSPS) is 21.8. The summed E-state index contributed by atoms with van der Waals surface area (Å²) in [7, 11) is -7.11. The van der Waals surface area contributed by atoms with Crippen LogP contribution in [0, 0.1) is 5.82 Å². The van der Waals surface area contributed by atoms with Crippen LogP contribution >= 0.6 is 0 Å². The van der Waals surface area contributed by atoms with Gasteiger partial charge < -0.3 is 5.73 Å². The number of nitrogens with zero attached hydrogens (tertiary/aromatic N) is 1. The van der Waals surface area contributed by atoms with Crippen LogP contribution in [-0.4, -0.2) is 51.8 Å². The molecule has 6 nitrogen and oxygen atoms in total. The van der Waals surface area contributed by atoms with Crippen molar-refractivity contribution in [3.05, 3.63) is 30.1 Å². The van der Waals surface area contributed by atoms with Crippen LogP contribution in [0.5, 0.6) is 0 Å². The molecule has 1 aromatic carbocycles. The van der Waals surface area contributed by atoms with Crippen molar-refractivity contribution in [1.82, 2.24) is 4.31 Å². The van der Waals surface area contributed by atoms with Crippen molar-refractivity contribution in [2.24, 2.45) is 5.73 Å². The molecule has 1 fully saturated rings. The summed E-state index contributed by atoms with van der Waals surface area (Å²) in [5, 5.41) is 0. The SMILES string of the molecule is NCCN([C@@H]1CCS(=O)(=O)C1)S(=O)(=O)c1ccc(F)cc1. The quantitative estimate of drug-likeness (QED) is 0.814. The number of hydrogen-bond donors (Lipinski definition) is 1. The van der Waals surface area contributed by atoms with E-state index in [1.165, 1.54) is 0 Å². The molecule has 1 heterocycles. The molecule has 0 spiro atoms. The summed E-state index contributed by atoms with van der Waals surface area (Å²) in [5.41, 5.74) is 5.45. The highest BCUT2D eigenvalue weighted by atomic mass is 32.2. The number of benzene rings is 1. The Kier molecular flexibility index (Phi) is 4.66. The first-order valence-corrected chi connectivity index (χ1v) is 9.70. The lowest BCUT2D eigenvalue weighted by molar-refractivity contribution is 0.347. The summed E-state index contributed by atoms with van der Waals surface area (Å²) in [6, 6.07) is 3.82. The Morgan fingerprint density at radius 3 is 2.38 bits per heavy atom. The molecule has 1 aliphatic heterocycles. The molecule has 0 radical (unpaired) electrons. The summed E-state index contributed by atoms with van der Waals surface area (Å²) in [5.74, 6) is -0.770. The van der Waals surface area contributed by atoms with Gasteiger partial charge in [-0.05, 0) is 30.7 Å². The Hall–Kier alpha value is -1.03. The van der Waals surface area contributed by atoms with Crippen molar-refractivity contribution in [3.63, 3.8) is 0 Å². The largest absolute Gasteiger partial charge is 0.329 e. The van der Waals surface area contributed by atoms with Gasteiger partial charge in [-0.1, -0.05) is 0 Å². The van der Waals surface area contributed by atoms with E-state index in [4.69, 9.17) is 5.73 Å². The van der Waals surface area contributed by atoms with E-state index in [1.54, 1.807) is 0 Å². The smallest absolute Gasteiger partial charge is 0.243 e. The van der Waals surface area contributed by atoms with Gasteiger partial charge in [-0.2, -0.15) is 4.31 Å². The summed E-state index contributed by atoms with van der Waals surface area (Å²) < 4.78 is 62.3. The number of sulfonamides is 1.